The van der Waals surface area contributed by atoms with Gasteiger partial charge in [-0.1, -0.05) is 145 Å². The summed E-state index contributed by atoms with van der Waals surface area (Å²) in [6, 6.07) is 43.9. The van der Waals surface area contributed by atoms with Gasteiger partial charge in [-0.25, -0.2) is 4.98 Å². The summed E-state index contributed by atoms with van der Waals surface area (Å²) in [5, 5.41) is 0.891. The van der Waals surface area contributed by atoms with E-state index in [1.54, 1.807) is 29.0 Å². The van der Waals surface area contributed by atoms with Gasteiger partial charge in [0.2, 0.25) is 0 Å². The molecule has 7 aromatic carbocycles. The maximum Gasteiger partial charge on any atom is 0.135 e. The third kappa shape index (κ3) is 8.06. The standard InChI is InChI=1S/C61H55N4O.Pt/c1-40-28-29-45(37-57(40)66-46-30-31-51-50-22-13-14-25-53(50)65(56(51)38-46)58-36-44(32-33-62-58)60(2,3)4)63-39-64(55-27-16-15-26-54(55)63)59-48(41-18-9-8-10-19-41)23-17-24-49(59)43-34-42-20-11-12-21-47(42)52(35-43)61(5,6)7;/h8-10,13-19,22-36,39H,11-12,20-21H2,1-7H3;/q-3;/i11D2,12D2,13D,14D,20D2,21D2,22D,25D;. The largest absolute Gasteiger partial charge is 0.509 e. The van der Waals surface area contributed by atoms with Crippen molar-refractivity contribution in [3.8, 4) is 39.6 Å². The van der Waals surface area contributed by atoms with Gasteiger partial charge in [-0.3, -0.25) is 0 Å². The van der Waals surface area contributed by atoms with Crippen LogP contribution in [0.4, 0.5) is 22.7 Å². The van der Waals surface area contributed by atoms with Gasteiger partial charge in [0.25, 0.3) is 0 Å². The molecule has 0 N–H and O–H groups in total. The molecule has 1 aliphatic heterocycles. The number of fused-ring (bicyclic) bond motifs is 5. The maximum absolute atomic E-state index is 9.30. The Morgan fingerprint density at radius 1 is 0.701 bits per heavy atom. The van der Waals surface area contributed by atoms with Gasteiger partial charge in [-0.05, 0) is 105 Å². The quantitative estimate of drug-likeness (QED) is 0.149. The number of rotatable bonds is 7. The minimum absolute atomic E-state index is 0. The minimum Gasteiger partial charge on any atom is -0.509 e. The molecule has 6 heteroatoms. The number of para-hydroxylation sites is 4. The molecule has 0 unspecified atom stereocenters. The summed E-state index contributed by atoms with van der Waals surface area (Å²) in [5.41, 5.74) is 7.04. The molecule has 0 spiro atoms. The fourth-order valence-electron chi connectivity index (χ4n) is 8.99. The number of benzene rings is 7. The van der Waals surface area contributed by atoms with Crippen LogP contribution >= 0.6 is 0 Å². The molecular formula is C61H55N4OPt-3. The summed E-state index contributed by atoms with van der Waals surface area (Å²) in [4.78, 5) is 8.77. The van der Waals surface area contributed by atoms with Crippen LogP contribution in [0, 0.1) is 25.7 Å². The van der Waals surface area contributed by atoms with E-state index in [0.29, 0.717) is 61.7 Å². The number of nitrogens with zero attached hydrogens (tertiary/aromatic N) is 4. The summed E-state index contributed by atoms with van der Waals surface area (Å²) >= 11 is 0. The monoisotopic (exact) mass is 1070 g/mol. The number of ether oxygens (including phenoxy) is 1. The molecule has 67 heavy (non-hydrogen) atoms. The molecule has 0 bridgehead atoms. The predicted octanol–water partition coefficient (Wildman–Crippen LogP) is 16.1. The number of aromatic nitrogens is 2. The fraction of sp³-hybridized carbons (Fsp3) is 0.213. The van der Waals surface area contributed by atoms with Crippen molar-refractivity contribution in [1.82, 2.24) is 9.55 Å². The second-order valence-corrected chi connectivity index (χ2v) is 18.9. The molecule has 338 valence electrons. The van der Waals surface area contributed by atoms with Crippen molar-refractivity contribution in [1.29, 1.82) is 0 Å². The SMILES string of the molecule is [2H]c1c([2H])c([2H])c2c(c1[2H])c1ccc(Oc3[c-]c(N4[CH-]N(c5c(-c6ccccc6)cccc5-c5cc(C(C)(C)C)c6c(c5)C([2H])([2H])C([2H])([2H])C([2H])([2H])C6([2H])[2H])c5ccccc54)ccc3C)[c-]c1n2-c1cc(C(C)(C)C)ccn1.[Pt]. The number of pyridine rings is 1. The molecule has 0 atom stereocenters. The Hall–Kier alpha value is -6.42. The first kappa shape index (κ1) is 32.3. The van der Waals surface area contributed by atoms with Crippen molar-refractivity contribution in [3.63, 3.8) is 0 Å². The van der Waals surface area contributed by atoms with E-state index < -0.39 is 30.9 Å². The van der Waals surface area contributed by atoms with E-state index in [2.05, 4.69) is 37.8 Å². The smallest absolute Gasteiger partial charge is 0.135 e. The van der Waals surface area contributed by atoms with Crippen LogP contribution in [-0.4, -0.2) is 9.55 Å². The minimum atomic E-state index is -3.26. The van der Waals surface area contributed by atoms with Gasteiger partial charge in [0.15, 0.2) is 0 Å². The van der Waals surface area contributed by atoms with E-state index in [9.17, 15) is 5.48 Å². The summed E-state index contributed by atoms with van der Waals surface area (Å²) in [5.74, 6) is 1.16. The Bertz CT molecular complexity index is 3940. The van der Waals surface area contributed by atoms with Crippen LogP contribution in [0.2, 0.25) is 0 Å². The molecule has 2 aliphatic rings. The van der Waals surface area contributed by atoms with Gasteiger partial charge >= 0.3 is 0 Å². The summed E-state index contributed by atoms with van der Waals surface area (Å²) in [6.07, 6.45) is -10.6. The first-order valence-corrected chi connectivity index (χ1v) is 22.1. The van der Waals surface area contributed by atoms with Crippen molar-refractivity contribution in [2.24, 2.45) is 0 Å². The zero-order valence-corrected chi connectivity index (χ0v) is 40.5. The third-order valence-corrected chi connectivity index (χ3v) is 12.4. The molecule has 9 aromatic rings. The molecule has 1 aliphatic carbocycles. The normalized spacial score (nSPS) is 19.3. The van der Waals surface area contributed by atoms with E-state index in [-0.39, 0.29) is 67.3 Å². The van der Waals surface area contributed by atoms with E-state index in [1.165, 1.54) is 6.07 Å². The third-order valence-electron chi connectivity index (χ3n) is 12.4. The van der Waals surface area contributed by atoms with E-state index >= 15 is 0 Å². The second kappa shape index (κ2) is 17.3. The Morgan fingerprint density at radius 2 is 1.43 bits per heavy atom. The molecule has 0 saturated heterocycles. The Kier molecular flexibility index (Phi) is 8.36. The molecule has 0 radical (unpaired) electrons. The second-order valence-electron chi connectivity index (χ2n) is 18.9. The molecular weight excluding hydrogens is 1000 g/mol. The van der Waals surface area contributed by atoms with E-state index in [1.807, 2.05) is 136 Å². The van der Waals surface area contributed by atoms with Crippen molar-refractivity contribution >= 4 is 44.6 Å². The van der Waals surface area contributed by atoms with Crippen LogP contribution in [0.15, 0.2) is 152 Å². The Labute approximate surface area is 427 Å². The van der Waals surface area contributed by atoms with Crippen molar-refractivity contribution < 1.29 is 42.3 Å². The molecule has 0 fully saturated rings. The van der Waals surface area contributed by atoms with E-state index in [4.69, 9.17) is 20.7 Å². The number of hydrogen-bond donors (Lipinski definition) is 0. The van der Waals surface area contributed by atoms with Crippen LogP contribution in [0.25, 0.3) is 49.9 Å². The van der Waals surface area contributed by atoms with Gasteiger partial charge in [-0.15, -0.1) is 47.6 Å². The Balaban J connectivity index is 0.00000704. The average molecular weight is 1070 g/mol. The van der Waals surface area contributed by atoms with Crippen molar-refractivity contribution in [3.05, 3.63) is 198 Å². The molecule has 2 aromatic heterocycles. The van der Waals surface area contributed by atoms with Gasteiger partial charge in [0, 0.05) is 83.4 Å². The number of hydrogen-bond acceptors (Lipinski definition) is 4. The van der Waals surface area contributed by atoms with Gasteiger partial charge < -0.3 is 19.1 Å². The van der Waals surface area contributed by atoms with Gasteiger partial charge in [0.1, 0.15) is 5.82 Å². The van der Waals surface area contributed by atoms with Crippen molar-refractivity contribution in [2.75, 3.05) is 9.80 Å². The molecule has 5 nitrogen and oxygen atoms in total. The van der Waals surface area contributed by atoms with Crippen LogP contribution in [0.3, 0.4) is 0 Å². The first-order valence-electron chi connectivity index (χ1n) is 28.1. The van der Waals surface area contributed by atoms with Gasteiger partial charge in [-0.2, -0.15) is 12.1 Å². The maximum atomic E-state index is 9.30. The molecule has 11 rings (SSSR count). The summed E-state index contributed by atoms with van der Waals surface area (Å²) in [7, 11) is 0. The van der Waals surface area contributed by atoms with Crippen LogP contribution < -0.4 is 14.5 Å². The van der Waals surface area contributed by atoms with Crippen LogP contribution in [0.5, 0.6) is 11.5 Å². The van der Waals surface area contributed by atoms with Crippen LogP contribution in [0.1, 0.15) is 98.6 Å². The zero-order valence-electron chi connectivity index (χ0n) is 50.2. The number of anilines is 4. The zero-order chi connectivity index (χ0) is 56.0. The Morgan fingerprint density at radius 3 is 2.21 bits per heavy atom. The topological polar surface area (TPSA) is 33.5 Å². The van der Waals surface area contributed by atoms with Crippen molar-refractivity contribution in [2.45, 2.75) is 84.8 Å². The van der Waals surface area contributed by atoms with Gasteiger partial charge in [0.05, 0.1) is 5.48 Å². The van der Waals surface area contributed by atoms with E-state index in [0.717, 1.165) is 33.6 Å². The molecule has 0 amide bonds. The summed E-state index contributed by atoms with van der Waals surface area (Å²) in [6.45, 7) is 15.7. The fourth-order valence-corrected chi connectivity index (χ4v) is 8.99. The molecule has 0 saturated carbocycles. The number of aryl methyl sites for hydroxylation is 2. The summed E-state index contributed by atoms with van der Waals surface area (Å²) < 4.78 is 116. The molecule has 3 heterocycles. The first-order chi connectivity index (χ1) is 36.6. The van der Waals surface area contributed by atoms with Crippen LogP contribution in [-0.2, 0) is 44.6 Å². The predicted molar refractivity (Wildman–Crippen MR) is 274 cm³/mol. The average Bonchev–Trinajstić information content (AvgIpc) is 3.73.